The molecule has 1 fully saturated rings. The van der Waals surface area contributed by atoms with Crippen molar-refractivity contribution in [3.05, 3.63) is 12.5 Å². The molecule has 108 valence electrons. The summed E-state index contributed by atoms with van der Waals surface area (Å²) in [6.45, 7) is 5.17. The summed E-state index contributed by atoms with van der Waals surface area (Å²) in [5.41, 5.74) is -0.771. The zero-order chi connectivity index (χ0) is 14.1. The van der Waals surface area contributed by atoms with Crippen LogP contribution < -0.4 is 0 Å². The van der Waals surface area contributed by atoms with Crippen molar-refractivity contribution >= 4 is 10.0 Å². The van der Waals surface area contributed by atoms with Gasteiger partial charge in [0, 0.05) is 25.8 Å². The second-order valence-corrected chi connectivity index (χ2v) is 7.18. The van der Waals surface area contributed by atoms with E-state index in [-0.39, 0.29) is 5.03 Å². The van der Waals surface area contributed by atoms with Gasteiger partial charge in [0.25, 0.3) is 10.0 Å². The Bertz CT molecular complexity index is 536. The van der Waals surface area contributed by atoms with E-state index in [1.807, 2.05) is 6.92 Å². The minimum atomic E-state index is -3.53. The number of hydrogen-bond donors (Lipinski definition) is 1. The first kappa shape index (κ1) is 14.5. The van der Waals surface area contributed by atoms with Gasteiger partial charge in [-0.1, -0.05) is 0 Å². The maximum Gasteiger partial charge on any atom is 0.262 e. The first-order valence-corrected chi connectivity index (χ1v) is 8.03. The predicted octanol–water partition coefficient (Wildman–Crippen LogP) is 0.829. The molecule has 6 nitrogen and oxygen atoms in total. The van der Waals surface area contributed by atoms with E-state index >= 15 is 0 Å². The normalized spacial score (nSPS) is 26.3. The quantitative estimate of drug-likeness (QED) is 0.893. The molecule has 1 unspecified atom stereocenters. The van der Waals surface area contributed by atoms with Gasteiger partial charge >= 0.3 is 0 Å². The molecule has 0 aromatic carbocycles. The van der Waals surface area contributed by atoms with Crippen LogP contribution in [-0.2, 0) is 16.6 Å². The molecule has 19 heavy (non-hydrogen) atoms. The fourth-order valence-electron chi connectivity index (χ4n) is 2.26. The predicted molar refractivity (Wildman–Crippen MR) is 71.1 cm³/mol. The number of rotatable bonds is 3. The standard InChI is InChI=1S/C12H21N3O3S/c1-3-14-9-11(13-10-14)19(17,18)15-7-4-5-12(2,16)6-8-15/h9-10,16H,3-8H2,1-2H3. The summed E-state index contributed by atoms with van der Waals surface area (Å²) in [5, 5.41) is 10.1. The molecule has 1 N–H and O–H groups in total. The van der Waals surface area contributed by atoms with Gasteiger partial charge in [0.05, 0.1) is 11.9 Å². The highest BCUT2D eigenvalue weighted by Gasteiger charge is 2.32. The van der Waals surface area contributed by atoms with Crippen molar-refractivity contribution in [1.82, 2.24) is 13.9 Å². The summed E-state index contributed by atoms with van der Waals surface area (Å²) >= 11 is 0. The van der Waals surface area contributed by atoms with Crippen LogP contribution in [0, 0.1) is 0 Å². The van der Waals surface area contributed by atoms with Gasteiger partial charge < -0.3 is 9.67 Å². The van der Waals surface area contributed by atoms with Crippen LogP contribution >= 0.6 is 0 Å². The van der Waals surface area contributed by atoms with Gasteiger partial charge in [-0.05, 0) is 33.1 Å². The molecule has 1 atom stereocenters. The molecule has 0 saturated carbocycles. The van der Waals surface area contributed by atoms with Crippen LogP contribution in [0.25, 0.3) is 0 Å². The molecule has 1 aromatic heterocycles. The Morgan fingerprint density at radius 2 is 2.16 bits per heavy atom. The maximum absolute atomic E-state index is 12.4. The molecule has 2 rings (SSSR count). The summed E-state index contributed by atoms with van der Waals surface area (Å²) in [4.78, 5) is 3.97. The highest BCUT2D eigenvalue weighted by Crippen LogP contribution is 2.24. The van der Waals surface area contributed by atoms with E-state index in [1.165, 1.54) is 10.6 Å². The summed E-state index contributed by atoms with van der Waals surface area (Å²) in [5.74, 6) is 0. The van der Waals surface area contributed by atoms with E-state index in [0.717, 1.165) is 0 Å². The molecule has 0 bridgehead atoms. The highest BCUT2D eigenvalue weighted by molar-refractivity contribution is 7.89. The molecule has 1 aliphatic rings. The van der Waals surface area contributed by atoms with E-state index < -0.39 is 15.6 Å². The number of nitrogens with zero attached hydrogens (tertiary/aromatic N) is 3. The molecular weight excluding hydrogens is 266 g/mol. The van der Waals surface area contributed by atoms with Crippen LogP contribution in [0.1, 0.15) is 33.1 Å². The van der Waals surface area contributed by atoms with Gasteiger partial charge in [0.1, 0.15) is 0 Å². The summed E-state index contributed by atoms with van der Waals surface area (Å²) in [6.07, 6.45) is 4.84. The van der Waals surface area contributed by atoms with Crippen molar-refractivity contribution in [2.24, 2.45) is 0 Å². The molecule has 2 heterocycles. The first-order chi connectivity index (χ1) is 8.85. The van der Waals surface area contributed by atoms with Gasteiger partial charge in [0.15, 0.2) is 5.03 Å². The van der Waals surface area contributed by atoms with E-state index in [4.69, 9.17) is 0 Å². The molecule has 0 spiro atoms. The number of hydrogen-bond acceptors (Lipinski definition) is 4. The Labute approximate surface area is 114 Å². The lowest BCUT2D eigenvalue weighted by atomic mass is 9.98. The summed E-state index contributed by atoms with van der Waals surface area (Å²) in [7, 11) is -3.53. The molecule has 0 aliphatic carbocycles. The third kappa shape index (κ3) is 3.16. The zero-order valence-electron chi connectivity index (χ0n) is 11.4. The van der Waals surface area contributed by atoms with Crippen LogP contribution in [-0.4, -0.2) is 46.1 Å². The van der Waals surface area contributed by atoms with Crippen molar-refractivity contribution in [3.63, 3.8) is 0 Å². The lowest BCUT2D eigenvalue weighted by molar-refractivity contribution is 0.0465. The Balaban J connectivity index is 2.20. The third-order valence-electron chi connectivity index (χ3n) is 3.60. The molecule has 7 heteroatoms. The van der Waals surface area contributed by atoms with Crippen molar-refractivity contribution in [2.75, 3.05) is 13.1 Å². The lowest BCUT2D eigenvalue weighted by Crippen LogP contribution is -2.33. The SMILES string of the molecule is CCn1cnc(S(=O)(=O)N2CCCC(C)(O)CC2)c1. The van der Waals surface area contributed by atoms with Crippen LogP contribution in [0.4, 0.5) is 0 Å². The first-order valence-electron chi connectivity index (χ1n) is 6.59. The zero-order valence-corrected chi connectivity index (χ0v) is 12.2. The van der Waals surface area contributed by atoms with E-state index in [0.29, 0.717) is 38.9 Å². The Hall–Kier alpha value is -0.920. The van der Waals surface area contributed by atoms with Crippen LogP contribution in [0.3, 0.4) is 0 Å². The minimum Gasteiger partial charge on any atom is -0.390 e. The van der Waals surface area contributed by atoms with Crippen molar-refractivity contribution in [2.45, 2.75) is 50.3 Å². The average Bonchev–Trinajstić information content (AvgIpc) is 2.75. The number of aliphatic hydroxyl groups is 1. The van der Waals surface area contributed by atoms with E-state index in [2.05, 4.69) is 4.98 Å². The molecular formula is C12H21N3O3S. The molecule has 1 aliphatic heterocycles. The minimum absolute atomic E-state index is 0.0934. The van der Waals surface area contributed by atoms with Crippen molar-refractivity contribution in [3.8, 4) is 0 Å². The molecule has 1 saturated heterocycles. The van der Waals surface area contributed by atoms with Crippen molar-refractivity contribution in [1.29, 1.82) is 0 Å². The Morgan fingerprint density at radius 3 is 2.79 bits per heavy atom. The topological polar surface area (TPSA) is 75.4 Å². The Kier molecular flexibility index (Phi) is 3.98. The van der Waals surface area contributed by atoms with E-state index in [1.54, 1.807) is 17.7 Å². The maximum atomic E-state index is 12.4. The summed E-state index contributed by atoms with van der Waals surface area (Å²) < 4.78 is 28.1. The second kappa shape index (κ2) is 5.22. The van der Waals surface area contributed by atoms with Gasteiger partial charge in [-0.2, -0.15) is 4.31 Å². The largest absolute Gasteiger partial charge is 0.390 e. The highest BCUT2D eigenvalue weighted by atomic mass is 32.2. The molecule has 0 radical (unpaired) electrons. The number of aromatic nitrogens is 2. The number of sulfonamides is 1. The smallest absolute Gasteiger partial charge is 0.262 e. The fraction of sp³-hybridized carbons (Fsp3) is 0.750. The van der Waals surface area contributed by atoms with Gasteiger partial charge in [-0.25, -0.2) is 13.4 Å². The monoisotopic (exact) mass is 287 g/mol. The second-order valence-electron chi connectivity index (χ2n) is 5.30. The van der Waals surface area contributed by atoms with Gasteiger partial charge in [0.2, 0.25) is 0 Å². The molecule has 1 aromatic rings. The molecule has 0 amide bonds. The van der Waals surface area contributed by atoms with Crippen molar-refractivity contribution < 1.29 is 13.5 Å². The third-order valence-corrected chi connectivity index (χ3v) is 5.39. The number of aryl methyl sites for hydroxylation is 1. The van der Waals surface area contributed by atoms with Gasteiger partial charge in [-0.15, -0.1) is 0 Å². The lowest BCUT2D eigenvalue weighted by Gasteiger charge is -2.21. The van der Waals surface area contributed by atoms with Crippen LogP contribution in [0.5, 0.6) is 0 Å². The summed E-state index contributed by atoms with van der Waals surface area (Å²) in [6, 6.07) is 0. The Morgan fingerprint density at radius 1 is 1.42 bits per heavy atom. The fourth-order valence-corrected chi connectivity index (χ4v) is 3.67. The van der Waals surface area contributed by atoms with Gasteiger partial charge in [-0.3, -0.25) is 0 Å². The van der Waals surface area contributed by atoms with E-state index in [9.17, 15) is 13.5 Å². The average molecular weight is 287 g/mol. The van der Waals surface area contributed by atoms with Crippen LogP contribution in [0.15, 0.2) is 17.6 Å². The number of imidazole rings is 1. The van der Waals surface area contributed by atoms with Crippen LogP contribution in [0.2, 0.25) is 0 Å².